The van der Waals surface area contributed by atoms with Crippen LogP contribution in [0.1, 0.15) is 37.4 Å². The Bertz CT molecular complexity index is 846. The summed E-state index contributed by atoms with van der Waals surface area (Å²) in [5, 5.41) is 3.13. The van der Waals surface area contributed by atoms with Crippen molar-refractivity contribution in [3.8, 4) is 17.2 Å². The van der Waals surface area contributed by atoms with Crippen LogP contribution < -0.4 is 19.5 Å². The third-order valence-corrected chi connectivity index (χ3v) is 4.74. The lowest BCUT2D eigenvalue weighted by Crippen LogP contribution is -2.48. The molecule has 136 valence electrons. The van der Waals surface area contributed by atoms with Gasteiger partial charge in [0.25, 0.3) is 5.91 Å². The number of ether oxygens (including phenoxy) is 3. The molecule has 0 saturated carbocycles. The maximum atomic E-state index is 12.8. The molecule has 2 aromatic carbocycles. The van der Waals surface area contributed by atoms with Gasteiger partial charge in [0.15, 0.2) is 11.5 Å². The van der Waals surface area contributed by atoms with Crippen LogP contribution in [-0.4, -0.2) is 24.2 Å². The third kappa shape index (κ3) is 3.21. The van der Waals surface area contributed by atoms with E-state index in [1.54, 1.807) is 0 Å². The molecule has 2 aliphatic heterocycles. The highest BCUT2D eigenvalue weighted by Crippen LogP contribution is 2.40. The van der Waals surface area contributed by atoms with Crippen LogP contribution in [0.5, 0.6) is 17.2 Å². The highest BCUT2D eigenvalue weighted by atomic mass is 16.6. The summed E-state index contributed by atoms with van der Waals surface area (Å²) in [6.07, 6.45) is 0.0312. The molecule has 0 fully saturated rings. The fraction of sp³-hybridized carbons (Fsp3) is 0.381. The molecule has 0 spiro atoms. The number of para-hydroxylation sites is 2. The molecule has 2 heterocycles. The third-order valence-electron chi connectivity index (χ3n) is 4.74. The number of carbonyl (C=O) groups excluding carboxylic acids is 1. The van der Waals surface area contributed by atoms with E-state index in [9.17, 15) is 4.79 Å². The average Bonchev–Trinajstić information content (AvgIpc) is 2.59. The lowest BCUT2D eigenvalue weighted by molar-refractivity contribution is -0.131. The van der Waals surface area contributed by atoms with E-state index in [0.717, 1.165) is 16.9 Å². The van der Waals surface area contributed by atoms with Gasteiger partial charge in [0.2, 0.25) is 6.10 Å². The summed E-state index contributed by atoms with van der Waals surface area (Å²) in [5.41, 5.74) is 1.78. The van der Waals surface area contributed by atoms with Crippen molar-refractivity contribution in [2.75, 3.05) is 6.61 Å². The van der Waals surface area contributed by atoms with Crippen LogP contribution in [0.15, 0.2) is 42.5 Å². The molecular weight excluding hydrogens is 330 g/mol. The molecule has 4 rings (SSSR count). The van der Waals surface area contributed by atoms with Crippen LogP contribution in [0.3, 0.4) is 0 Å². The molecule has 2 aromatic rings. The molecule has 2 atom stereocenters. The SMILES string of the molecule is Cc1ccc2c(c1)OC(C)(C)CC2NC(=O)C1COc2ccccc2O1. The summed E-state index contributed by atoms with van der Waals surface area (Å²) in [4.78, 5) is 12.8. The van der Waals surface area contributed by atoms with Gasteiger partial charge >= 0.3 is 0 Å². The van der Waals surface area contributed by atoms with Crippen molar-refractivity contribution in [3.05, 3.63) is 53.6 Å². The maximum absolute atomic E-state index is 12.8. The number of hydrogen-bond donors (Lipinski definition) is 1. The van der Waals surface area contributed by atoms with Crippen LogP contribution in [0.2, 0.25) is 0 Å². The predicted octanol–water partition coefficient (Wildman–Crippen LogP) is 3.55. The quantitative estimate of drug-likeness (QED) is 0.897. The highest BCUT2D eigenvalue weighted by Gasteiger charge is 2.36. The fourth-order valence-electron chi connectivity index (χ4n) is 3.50. The van der Waals surface area contributed by atoms with E-state index in [1.807, 2.05) is 63.2 Å². The smallest absolute Gasteiger partial charge is 0.265 e. The minimum atomic E-state index is -0.662. The molecule has 5 heteroatoms. The Kier molecular flexibility index (Phi) is 4.02. The number of hydrogen-bond acceptors (Lipinski definition) is 4. The second-order valence-corrected chi connectivity index (χ2v) is 7.53. The number of rotatable bonds is 2. The predicted molar refractivity (Wildman–Crippen MR) is 97.7 cm³/mol. The Labute approximate surface area is 153 Å². The molecule has 0 saturated heterocycles. The summed E-state index contributed by atoms with van der Waals surface area (Å²) in [5.74, 6) is 1.93. The van der Waals surface area contributed by atoms with E-state index in [2.05, 4.69) is 5.32 Å². The van der Waals surface area contributed by atoms with E-state index >= 15 is 0 Å². The summed E-state index contributed by atoms with van der Waals surface area (Å²) in [6.45, 7) is 6.31. The number of aryl methyl sites for hydroxylation is 1. The molecule has 5 nitrogen and oxygen atoms in total. The summed E-state index contributed by atoms with van der Waals surface area (Å²) in [7, 11) is 0. The first kappa shape index (κ1) is 16.8. The van der Waals surface area contributed by atoms with Gasteiger partial charge in [0.05, 0.1) is 6.04 Å². The molecule has 0 aromatic heterocycles. The molecule has 2 aliphatic rings. The maximum Gasteiger partial charge on any atom is 0.265 e. The minimum absolute atomic E-state index is 0.123. The lowest BCUT2D eigenvalue weighted by Gasteiger charge is -2.38. The fourth-order valence-corrected chi connectivity index (χ4v) is 3.50. The van der Waals surface area contributed by atoms with Gasteiger partial charge in [-0.3, -0.25) is 4.79 Å². The van der Waals surface area contributed by atoms with E-state index in [-0.39, 0.29) is 24.2 Å². The van der Waals surface area contributed by atoms with Gasteiger partial charge in [-0.25, -0.2) is 0 Å². The standard InChI is InChI=1S/C21H23NO4/c1-13-8-9-14-15(11-21(2,3)26-18(14)10-13)22-20(23)19-12-24-16-6-4-5-7-17(16)25-19/h4-10,15,19H,11-12H2,1-3H3,(H,22,23). The lowest BCUT2D eigenvalue weighted by atomic mass is 9.89. The number of carbonyl (C=O) groups is 1. The second-order valence-electron chi connectivity index (χ2n) is 7.53. The molecular formula is C21H23NO4. The van der Waals surface area contributed by atoms with Gasteiger partial charge in [-0.05, 0) is 44.5 Å². The van der Waals surface area contributed by atoms with Crippen molar-refractivity contribution in [3.63, 3.8) is 0 Å². The topological polar surface area (TPSA) is 56.8 Å². The summed E-state index contributed by atoms with van der Waals surface area (Å²) >= 11 is 0. The van der Waals surface area contributed by atoms with Crippen LogP contribution in [0.4, 0.5) is 0 Å². The van der Waals surface area contributed by atoms with Gasteiger partial charge in [0.1, 0.15) is 18.0 Å². The normalized spacial score (nSPS) is 22.7. The highest BCUT2D eigenvalue weighted by molar-refractivity contribution is 5.82. The van der Waals surface area contributed by atoms with Gasteiger partial charge in [-0.2, -0.15) is 0 Å². The number of nitrogens with one attached hydrogen (secondary N) is 1. The van der Waals surface area contributed by atoms with E-state index in [1.165, 1.54) is 0 Å². The molecule has 1 amide bonds. The number of amides is 1. The van der Waals surface area contributed by atoms with Gasteiger partial charge in [0, 0.05) is 12.0 Å². The molecule has 0 bridgehead atoms. The van der Waals surface area contributed by atoms with Crippen molar-refractivity contribution in [2.45, 2.75) is 44.9 Å². The van der Waals surface area contributed by atoms with Crippen molar-refractivity contribution in [1.82, 2.24) is 5.32 Å². The summed E-state index contributed by atoms with van der Waals surface area (Å²) in [6, 6.07) is 13.4. The minimum Gasteiger partial charge on any atom is -0.487 e. The zero-order valence-corrected chi connectivity index (χ0v) is 15.2. The van der Waals surface area contributed by atoms with Gasteiger partial charge in [-0.15, -0.1) is 0 Å². The Balaban J connectivity index is 1.53. The molecule has 0 aliphatic carbocycles. The number of benzene rings is 2. The van der Waals surface area contributed by atoms with Gasteiger partial charge in [-0.1, -0.05) is 24.3 Å². The molecule has 26 heavy (non-hydrogen) atoms. The molecule has 1 N–H and O–H groups in total. The first-order chi connectivity index (χ1) is 12.4. The Morgan fingerprint density at radius 1 is 1.12 bits per heavy atom. The van der Waals surface area contributed by atoms with E-state index in [4.69, 9.17) is 14.2 Å². The van der Waals surface area contributed by atoms with Crippen molar-refractivity contribution >= 4 is 5.91 Å². The van der Waals surface area contributed by atoms with E-state index < -0.39 is 6.10 Å². The van der Waals surface area contributed by atoms with Crippen molar-refractivity contribution in [2.24, 2.45) is 0 Å². The van der Waals surface area contributed by atoms with Crippen molar-refractivity contribution < 1.29 is 19.0 Å². The first-order valence-electron chi connectivity index (χ1n) is 8.90. The Morgan fingerprint density at radius 3 is 2.69 bits per heavy atom. The average molecular weight is 353 g/mol. The van der Waals surface area contributed by atoms with Gasteiger partial charge < -0.3 is 19.5 Å². The van der Waals surface area contributed by atoms with Crippen LogP contribution >= 0.6 is 0 Å². The first-order valence-corrected chi connectivity index (χ1v) is 8.90. The molecule has 2 unspecified atom stereocenters. The van der Waals surface area contributed by atoms with Crippen LogP contribution in [0.25, 0.3) is 0 Å². The summed E-state index contributed by atoms with van der Waals surface area (Å²) < 4.78 is 17.6. The zero-order chi connectivity index (χ0) is 18.3. The zero-order valence-electron chi connectivity index (χ0n) is 15.2. The Hall–Kier alpha value is -2.69. The second kappa shape index (κ2) is 6.24. The van der Waals surface area contributed by atoms with E-state index in [0.29, 0.717) is 17.9 Å². The Morgan fingerprint density at radius 2 is 1.88 bits per heavy atom. The van der Waals surface area contributed by atoms with Crippen LogP contribution in [0, 0.1) is 6.92 Å². The van der Waals surface area contributed by atoms with Crippen LogP contribution in [-0.2, 0) is 4.79 Å². The molecule has 0 radical (unpaired) electrons. The monoisotopic (exact) mass is 353 g/mol. The van der Waals surface area contributed by atoms with Crippen molar-refractivity contribution in [1.29, 1.82) is 0 Å². The largest absolute Gasteiger partial charge is 0.487 e. The number of fused-ring (bicyclic) bond motifs is 2.